The minimum atomic E-state index is -0.830. The highest BCUT2D eigenvalue weighted by Crippen LogP contribution is 2.25. The molecule has 1 saturated carbocycles. The third-order valence-electron chi connectivity index (χ3n) is 5.22. The molecule has 4 N–H and O–H groups in total. The number of nitrogens with one attached hydrogen (secondary N) is 3. The number of carbonyl (C=O) groups is 2. The van der Waals surface area contributed by atoms with Gasteiger partial charge in [0.2, 0.25) is 11.5 Å². The van der Waals surface area contributed by atoms with Crippen LogP contribution < -0.4 is 16.2 Å². The van der Waals surface area contributed by atoms with Gasteiger partial charge in [0.15, 0.2) is 5.76 Å². The summed E-state index contributed by atoms with van der Waals surface area (Å²) in [7, 11) is 0. The van der Waals surface area contributed by atoms with Gasteiger partial charge in [-0.1, -0.05) is 12.1 Å². The van der Waals surface area contributed by atoms with E-state index < -0.39 is 12.1 Å². The van der Waals surface area contributed by atoms with Crippen LogP contribution in [0.4, 0.5) is 0 Å². The number of aliphatic hydroxyl groups excluding tert-OH is 1. The number of rotatable bonds is 6. The first-order chi connectivity index (χ1) is 13.9. The number of pyridine rings is 1. The average Bonchev–Trinajstić information content (AvgIpc) is 3.12. The van der Waals surface area contributed by atoms with Gasteiger partial charge in [-0.05, 0) is 38.7 Å². The highest BCUT2D eigenvalue weighted by Gasteiger charge is 2.34. The highest BCUT2D eigenvalue weighted by atomic mass is 16.5. The molecule has 1 aliphatic rings. The molecule has 0 radical (unpaired) electrons. The molecule has 2 heterocycles. The smallest absolute Gasteiger partial charge is 0.253 e. The van der Waals surface area contributed by atoms with Gasteiger partial charge in [-0.3, -0.25) is 14.4 Å². The number of nitrogens with zero attached hydrogens (tertiary/aromatic N) is 1. The van der Waals surface area contributed by atoms with Crippen LogP contribution in [0, 0.1) is 12.8 Å². The van der Waals surface area contributed by atoms with E-state index >= 15 is 0 Å². The molecule has 156 valence electrons. The summed E-state index contributed by atoms with van der Waals surface area (Å²) in [5.41, 5.74) is 1.43. The molecule has 3 rings (SSSR count). The Bertz CT molecular complexity index is 935. The van der Waals surface area contributed by atoms with Crippen molar-refractivity contribution in [1.82, 2.24) is 20.8 Å². The van der Waals surface area contributed by atoms with Crippen molar-refractivity contribution in [1.29, 1.82) is 0 Å². The molecule has 9 nitrogen and oxygen atoms in total. The Morgan fingerprint density at radius 1 is 1.34 bits per heavy atom. The molecule has 0 unspecified atom stereocenters. The Balaban J connectivity index is 1.53. The summed E-state index contributed by atoms with van der Waals surface area (Å²) >= 11 is 0. The van der Waals surface area contributed by atoms with Crippen molar-refractivity contribution >= 4 is 11.8 Å². The summed E-state index contributed by atoms with van der Waals surface area (Å²) in [5.74, 6) is -0.256. The number of aromatic nitrogens is 2. The number of amides is 2. The second-order valence-electron chi connectivity index (χ2n) is 7.38. The molecule has 29 heavy (non-hydrogen) atoms. The van der Waals surface area contributed by atoms with Gasteiger partial charge in [-0.2, -0.15) is 0 Å². The minimum Gasteiger partial charge on any atom is -0.391 e. The molecule has 0 bridgehead atoms. The molecule has 3 atom stereocenters. The lowest BCUT2D eigenvalue weighted by Crippen LogP contribution is -2.49. The van der Waals surface area contributed by atoms with Crippen LogP contribution in [-0.4, -0.2) is 39.2 Å². The van der Waals surface area contributed by atoms with Crippen molar-refractivity contribution < 1.29 is 19.2 Å². The number of aliphatic hydroxyl groups is 1. The second kappa shape index (κ2) is 9.04. The van der Waals surface area contributed by atoms with Crippen molar-refractivity contribution in [2.45, 2.75) is 58.2 Å². The fourth-order valence-corrected chi connectivity index (χ4v) is 3.63. The number of hydrogen-bond donors (Lipinski definition) is 4. The Hall–Kier alpha value is -2.94. The molecule has 2 aromatic heterocycles. The van der Waals surface area contributed by atoms with Crippen LogP contribution in [0.5, 0.6) is 0 Å². The maximum Gasteiger partial charge on any atom is 0.253 e. The number of aryl methyl sites for hydroxylation is 2. The van der Waals surface area contributed by atoms with E-state index in [2.05, 4.69) is 20.8 Å². The molecule has 0 saturated heterocycles. The van der Waals surface area contributed by atoms with Gasteiger partial charge in [0.1, 0.15) is 0 Å². The monoisotopic (exact) mass is 402 g/mol. The average molecular weight is 402 g/mol. The Morgan fingerprint density at radius 2 is 2.14 bits per heavy atom. The highest BCUT2D eigenvalue weighted by molar-refractivity contribution is 5.95. The summed E-state index contributed by atoms with van der Waals surface area (Å²) in [5, 5.41) is 19.9. The zero-order valence-electron chi connectivity index (χ0n) is 16.5. The lowest BCUT2D eigenvalue weighted by Gasteiger charge is -2.33. The number of aromatic amines is 1. The van der Waals surface area contributed by atoms with Crippen LogP contribution in [0.1, 0.15) is 53.7 Å². The number of carbonyl (C=O) groups excluding carboxylic acids is 2. The topological polar surface area (TPSA) is 137 Å². The molecule has 0 aromatic carbocycles. The lowest BCUT2D eigenvalue weighted by molar-refractivity contribution is -0.127. The van der Waals surface area contributed by atoms with E-state index in [4.69, 9.17) is 4.52 Å². The van der Waals surface area contributed by atoms with Crippen molar-refractivity contribution in [3.8, 4) is 0 Å². The van der Waals surface area contributed by atoms with Crippen molar-refractivity contribution in [2.24, 2.45) is 5.92 Å². The molecule has 2 aromatic rings. The summed E-state index contributed by atoms with van der Waals surface area (Å²) in [6, 6.07) is 4.11. The van der Waals surface area contributed by atoms with Gasteiger partial charge in [-0.25, -0.2) is 0 Å². The second-order valence-corrected chi connectivity index (χ2v) is 7.38. The molecular formula is C20H26N4O5. The van der Waals surface area contributed by atoms with Gasteiger partial charge in [0.25, 0.3) is 5.91 Å². The predicted molar refractivity (Wildman–Crippen MR) is 104 cm³/mol. The van der Waals surface area contributed by atoms with Crippen LogP contribution in [0.2, 0.25) is 0 Å². The van der Waals surface area contributed by atoms with E-state index in [0.29, 0.717) is 36.3 Å². The first-order valence-electron chi connectivity index (χ1n) is 9.78. The first kappa shape index (κ1) is 20.8. The molecule has 1 aliphatic carbocycles. The predicted octanol–water partition coefficient (Wildman–Crippen LogP) is 0.810. The summed E-state index contributed by atoms with van der Waals surface area (Å²) in [6.07, 6.45) is 0.980. The minimum absolute atomic E-state index is 0.156. The summed E-state index contributed by atoms with van der Waals surface area (Å²) in [6.45, 7) is 3.90. The van der Waals surface area contributed by atoms with Gasteiger partial charge < -0.3 is 25.2 Å². The zero-order chi connectivity index (χ0) is 21.0. The van der Waals surface area contributed by atoms with Gasteiger partial charge in [0, 0.05) is 23.7 Å². The summed E-state index contributed by atoms with van der Waals surface area (Å²) in [4.78, 5) is 39.1. The zero-order valence-corrected chi connectivity index (χ0v) is 16.5. The van der Waals surface area contributed by atoms with E-state index in [-0.39, 0.29) is 36.3 Å². The third kappa shape index (κ3) is 5.11. The molecule has 0 aliphatic heterocycles. The van der Waals surface area contributed by atoms with Gasteiger partial charge >= 0.3 is 0 Å². The molecule has 0 spiro atoms. The van der Waals surface area contributed by atoms with Crippen molar-refractivity contribution in [3.05, 3.63) is 51.3 Å². The Kier molecular flexibility index (Phi) is 6.48. The van der Waals surface area contributed by atoms with Crippen molar-refractivity contribution in [3.63, 3.8) is 0 Å². The maximum atomic E-state index is 12.6. The lowest BCUT2D eigenvalue weighted by atomic mass is 9.83. The molecule has 9 heteroatoms. The van der Waals surface area contributed by atoms with Crippen LogP contribution in [0.25, 0.3) is 0 Å². The van der Waals surface area contributed by atoms with E-state index in [1.165, 1.54) is 12.1 Å². The molecule has 2 amide bonds. The van der Waals surface area contributed by atoms with Gasteiger partial charge in [-0.15, -0.1) is 0 Å². The van der Waals surface area contributed by atoms with Crippen molar-refractivity contribution in [2.75, 3.05) is 0 Å². The van der Waals surface area contributed by atoms with Crippen LogP contribution >= 0.6 is 0 Å². The Labute approximate surface area is 167 Å². The fourth-order valence-electron chi connectivity index (χ4n) is 3.63. The normalized spacial score (nSPS) is 21.6. The van der Waals surface area contributed by atoms with Crippen LogP contribution in [0.15, 0.2) is 27.5 Å². The first-order valence-corrected chi connectivity index (χ1v) is 9.78. The SMILES string of the molecule is CCc1[nH]c(=O)ccc1C(=O)N[C@H]1CC[C@H](C(=O)NCc2cc(C)no2)C[C@@H]1O. The van der Waals surface area contributed by atoms with Crippen LogP contribution in [-0.2, 0) is 17.8 Å². The van der Waals surface area contributed by atoms with E-state index in [1.807, 2.05) is 6.92 Å². The Morgan fingerprint density at radius 3 is 2.79 bits per heavy atom. The van der Waals surface area contributed by atoms with E-state index in [9.17, 15) is 19.5 Å². The maximum absolute atomic E-state index is 12.6. The van der Waals surface area contributed by atoms with Crippen LogP contribution in [0.3, 0.4) is 0 Å². The molecule has 1 fully saturated rings. The standard InChI is InChI=1S/C20H26N4O5/c1-3-15-14(5-7-18(26)22-15)20(28)23-16-6-4-12(9-17(16)25)19(27)21-10-13-8-11(2)24-29-13/h5,7-8,12,16-17,25H,3-4,6,9-10H2,1-2H3,(H,21,27)(H,22,26)(H,23,28)/t12-,16-,17-/m0/s1. The third-order valence-corrected chi connectivity index (χ3v) is 5.22. The largest absolute Gasteiger partial charge is 0.391 e. The number of H-pyrrole nitrogens is 1. The van der Waals surface area contributed by atoms with E-state index in [1.54, 1.807) is 13.0 Å². The van der Waals surface area contributed by atoms with E-state index in [0.717, 1.165) is 5.69 Å². The summed E-state index contributed by atoms with van der Waals surface area (Å²) < 4.78 is 5.07. The molecular weight excluding hydrogens is 376 g/mol. The van der Waals surface area contributed by atoms with Gasteiger partial charge in [0.05, 0.1) is 29.9 Å². The fraction of sp³-hybridized carbons (Fsp3) is 0.500. The number of hydrogen-bond acceptors (Lipinski definition) is 6. The quantitative estimate of drug-likeness (QED) is 0.564.